The van der Waals surface area contributed by atoms with Gasteiger partial charge in [0.1, 0.15) is 11.3 Å². The number of phenols is 1. The summed E-state index contributed by atoms with van der Waals surface area (Å²) in [4.78, 5) is 16.5. The Labute approximate surface area is 113 Å². The van der Waals surface area contributed by atoms with E-state index in [2.05, 4.69) is 11.9 Å². The molecule has 3 nitrogen and oxygen atoms in total. The molecular formula is C16H19NO2. The van der Waals surface area contributed by atoms with Crippen LogP contribution in [0.1, 0.15) is 48.7 Å². The lowest BCUT2D eigenvalue weighted by Gasteiger charge is -2.07. The molecule has 1 heterocycles. The molecule has 0 aliphatic rings. The number of hydrogen-bond donors (Lipinski definition) is 1. The Morgan fingerprint density at radius 1 is 1.21 bits per heavy atom. The zero-order valence-corrected chi connectivity index (χ0v) is 11.4. The third-order valence-electron chi connectivity index (χ3n) is 3.28. The summed E-state index contributed by atoms with van der Waals surface area (Å²) < 4.78 is 0. The summed E-state index contributed by atoms with van der Waals surface area (Å²) >= 11 is 0. The number of unbranched alkanes of at least 4 members (excludes halogenated alkanes) is 2. The first-order valence-corrected chi connectivity index (χ1v) is 6.76. The van der Waals surface area contributed by atoms with Crippen molar-refractivity contribution in [2.75, 3.05) is 0 Å². The third-order valence-corrected chi connectivity index (χ3v) is 3.28. The SMILES string of the molecule is CCCCCC(=O)c1ccc(O)c2nc(C)ccc12. The number of phenolic OH excluding ortho intramolecular Hbond substituents is 1. The number of aromatic hydroxyl groups is 1. The Bertz CT molecular complexity index is 605. The molecule has 1 N–H and O–H groups in total. The minimum Gasteiger partial charge on any atom is -0.506 e. The number of aromatic nitrogens is 1. The normalized spacial score (nSPS) is 10.8. The van der Waals surface area contributed by atoms with E-state index in [1.165, 1.54) is 0 Å². The molecule has 100 valence electrons. The number of ketones is 1. The molecule has 0 bridgehead atoms. The lowest BCUT2D eigenvalue weighted by Crippen LogP contribution is -2.01. The summed E-state index contributed by atoms with van der Waals surface area (Å²) in [5, 5.41) is 10.6. The molecule has 0 aliphatic heterocycles. The van der Waals surface area contributed by atoms with Crippen molar-refractivity contribution in [3.63, 3.8) is 0 Å². The number of benzene rings is 1. The van der Waals surface area contributed by atoms with Gasteiger partial charge >= 0.3 is 0 Å². The van der Waals surface area contributed by atoms with Crippen LogP contribution in [-0.4, -0.2) is 15.9 Å². The topological polar surface area (TPSA) is 50.2 Å². The van der Waals surface area contributed by atoms with Gasteiger partial charge in [0.2, 0.25) is 0 Å². The quantitative estimate of drug-likeness (QED) is 0.650. The Hall–Kier alpha value is -1.90. The van der Waals surface area contributed by atoms with Crippen molar-refractivity contribution in [2.45, 2.75) is 39.5 Å². The number of carbonyl (C=O) groups is 1. The first kappa shape index (κ1) is 13.5. The maximum Gasteiger partial charge on any atom is 0.163 e. The number of fused-ring (bicyclic) bond motifs is 1. The first-order chi connectivity index (χ1) is 9.13. The number of Topliss-reactive ketones (excluding diaryl/α,β-unsaturated/α-hetero) is 1. The van der Waals surface area contributed by atoms with Crippen LogP contribution >= 0.6 is 0 Å². The molecule has 0 radical (unpaired) electrons. The molecular weight excluding hydrogens is 238 g/mol. The number of hydrogen-bond acceptors (Lipinski definition) is 3. The van der Waals surface area contributed by atoms with E-state index in [0.717, 1.165) is 30.3 Å². The van der Waals surface area contributed by atoms with Crippen LogP contribution in [0.15, 0.2) is 24.3 Å². The van der Waals surface area contributed by atoms with Crippen LogP contribution in [0.3, 0.4) is 0 Å². The smallest absolute Gasteiger partial charge is 0.163 e. The molecule has 0 unspecified atom stereocenters. The summed E-state index contributed by atoms with van der Waals surface area (Å²) in [6.07, 6.45) is 3.64. The van der Waals surface area contributed by atoms with Gasteiger partial charge in [-0.1, -0.05) is 25.8 Å². The highest BCUT2D eigenvalue weighted by molar-refractivity contribution is 6.08. The number of carbonyl (C=O) groups excluding carboxylic acids is 1. The second-order valence-electron chi connectivity index (χ2n) is 4.86. The van der Waals surface area contributed by atoms with Gasteiger partial charge in [0, 0.05) is 23.1 Å². The van der Waals surface area contributed by atoms with Gasteiger partial charge < -0.3 is 5.11 Å². The van der Waals surface area contributed by atoms with Crippen molar-refractivity contribution in [1.82, 2.24) is 4.98 Å². The fourth-order valence-electron chi connectivity index (χ4n) is 2.21. The molecule has 2 aromatic rings. The van der Waals surface area contributed by atoms with Crippen molar-refractivity contribution >= 4 is 16.7 Å². The summed E-state index contributed by atoms with van der Waals surface area (Å²) in [5.74, 6) is 0.257. The molecule has 0 aliphatic carbocycles. The third kappa shape index (κ3) is 2.92. The molecule has 0 spiro atoms. The number of nitrogens with zero attached hydrogens (tertiary/aromatic N) is 1. The molecule has 0 amide bonds. The second-order valence-corrected chi connectivity index (χ2v) is 4.86. The Morgan fingerprint density at radius 3 is 2.74 bits per heavy atom. The van der Waals surface area contributed by atoms with E-state index in [-0.39, 0.29) is 11.5 Å². The van der Waals surface area contributed by atoms with E-state index in [1.807, 2.05) is 19.1 Å². The van der Waals surface area contributed by atoms with Crippen molar-refractivity contribution in [3.05, 3.63) is 35.5 Å². The fourth-order valence-corrected chi connectivity index (χ4v) is 2.21. The van der Waals surface area contributed by atoms with Crippen LogP contribution in [0.25, 0.3) is 10.9 Å². The standard InChI is InChI=1S/C16H19NO2/c1-3-4-5-6-14(18)12-9-10-15(19)16-13(12)8-7-11(2)17-16/h7-10,19H,3-6H2,1-2H3. The van der Waals surface area contributed by atoms with Crippen molar-refractivity contribution in [2.24, 2.45) is 0 Å². The lowest BCUT2D eigenvalue weighted by molar-refractivity contribution is 0.0981. The first-order valence-electron chi connectivity index (χ1n) is 6.76. The monoisotopic (exact) mass is 257 g/mol. The summed E-state index contributed by atoms with van der Waals surface area (Å²) in [6, 6.07) is 6.99. The van der Waals surface area contributed by atoms with E-state index in [1.54, 1.807) is 12.1 Å². The molecule has 3 heteroatoms. The van der Waals surface area contributed by atoms with Gasteiger partial charge in [-0.2, -0.15) is 0 Å². The zero-order chi connectivity index (χ0) is 13.8. The van der Waals surface area contributed by atoms with Crippen LogP contribution in [0.2, 0.25) is 0 Å². The predicted molar refractivity (Wildman–Crippen MR) is 76.6 cm³/mol. The van der Waals surface area contributed by atoms with Crippen molar-refractivity contribution in [1.29, 1.82) is 0 Å². The van der Waals surface area contributed by atoms with Crippen LogP contribution < -0.4 is 0 Å². The van der Waals surface area contributed by atoms with Crippen LogP contribution in [0.4, 0.5) is 0 Å². The molecule has 19 heavy (non-hydrogen) atoms. The molecule has 1 aromatic heterocycles. The highest BCUT2D eigenvalue weighted by atomic mass is 16.3. The minimum absolute atomic E-state index is 0.129. The molecule has 0 fully saturated rings. The predicted octanol–water partition coefficient (Wildman–Crippen LogP) is 4.01. The number of rotatable bonds is 5. The summed E-state index contributed by atoms with van der Waals surface area (Å²) in [7, 11) is 0. The molecule has 0 saturated heterocycles. The fraction of sp³-hybridized carbons (Fsp3) is 0.375. The van der Waals surface area contributed by atoms with Gasteiger partial charge in [-0.3, -0.25) is 4.79 Å². The molecule has 0 atom stereocenters. The zero-order valence-electron chi connectivity index (χ0n) is 11.4. The average Bonchev–Trinajstić information content (AvgIpc) is 2.40. The largest absolute Gasteiger partial charge is 0.506 e. The van der Waals surface area contributed by atoms with Gasteiger partial charge in [-0.25, -0.2) is 4.98 Å². The maximum absolute atomic E-state index is 12.2. The van der Waals surface area contributed by atoms with Gasteiger partial charge in [0.15, 0.2) is 5.78 Å². The Balaban J connectivity index is 2.38. The summed E-state index contributed by atoms with van der Waals surface area (Å²) in [6.45, 7) is 3.99. The van der Waals surface area contributed by atoms with Gasteiger partial charge in [-0.05, 0) is 31.5 Å². The highest BCUT2D eigenvalue weighted by Gasteiger charge is 2.12. The van der Waals surface area contributed by atoms with Crippen molar-refractivity contribution in [3.8, 4) is 5.75 Å². The van der Waals surface area contributed by atoms with E-state index in [0.29, 0.717) is 17.5 Å². The van der Waals surface area contributed by atoms with E-state index < -0.39 is 0 Å². The summed E-state index contributed by atoms with van der Waals surface area (Å²) in [5.41, 5.74) is 2.01. The van der Waals surface area contributed by atoms with E-state index in [9.17, 15) is 9.90 Å². The highest BCUT2D eigenvalue weighted by Crippen LogP contribution is 2.27. The maximum atomic E-state index is 12.2. The van der Waals surface area contributed by atoms with Crippen LogP contribution in [0, 0.1) is 6.92 Å². The number of pyridine rings is 1. The number of aryl methyl sites for hydroxylation is 1. The van der Waals surface area contributed by atoms with Gasteiger partial charge in [0.25, 0.3) is 0 Å². The van der Waals surface area contributed by atoms with E-state index >= 15 is 0 Å². The second kappa shape index (κ2) is 5.83. The molecule has 2 rings (SSSR count). The van der Waals surface area contributed by atoms with Crippen molar-refractivity contribution < 1.29 is 9.90 Å². The lowest BCUT2D eigenvalue weighted by atomic mass is 10.00. The van der Waals surface area contributed by atoms with E-state index in [4.69, 9.17) is 0 Å². The Kier molecular flexibility index (Phi) is 4.15. The van der Waals surface area contributed by atoms with Crippen LogP contribution in [0.5, 0.6) is 5.75 Å². The van der Waals surface area contributed by atoms with Gasteiger partial charge in [-0.15, -0.1) is 0 Å². The van der Waals surface area contributed by atoms with Gasteiger partial charge in [0.05, 0.1) is 0 Å². The average molecular weight is 257 g/mol. The molecule has 1 aromatic carbocycles. The minimum atomic E-state index is 0.129. The Morgan fingerprint density at radius 2 is 2.00 bits per heavy atom. The van der Waals surface area contributed by atoms with Crippen LogP contribution in [-0.2, 0) is 0 Å². The molecule has 0 saturated carbocycles.